The van der Waals surface area contributed by atoms with Crippen LogP contribution in [-0.4, -0.2) is 0 Å². The van der Waals surface area contributed by atoms with Crippen LogP contribution >= 0.6 is 31.9 Å². The van der Waals surface area contributed by atoms with Crippen LogP contribution in [0, 0.1) is 0 Å². The van der Waals surface area contributed by atoms with Crippen molar-refractivity contribution in [3.63, 3.8) is 0 Å². The van der Waals surface area contributed by atoms with Gasteiger partial charge in [-0.25, -0.2) is 0 Å². The molecule has 0 bridgehead atoms. The molecule has 0 aliphatic rings. The van der Waals surface area contributed by atoms with Crippen LogP contribution in [0.25, 0.3) is 10.4 Å². The Balaban J connectivity index is 3.01. The highest BCUT2D eigenvalue weighted by Crippen LogP contribution is 2.24. The molecule has 0 radical (unpaired) electrons. The lowest BCUT2D eigenvalue weighted by atomic mass is 10.1. The van der Waals surface area contributed by atoms with Crippen LogP contribution in [0.3, 0.4) is 0 Å². The number of rotatable bonds is 3. The summed E-state index contributed by atoms with van der Waals surface area (Å²) >= 11 is 6.60. The molecule has 3 nitrogen and oxygen atoms in total. The first-order chi connectivity index (χ1) is 6.77. The third-order valence-corrected chi connectivity index (χ3v) is 3.30. The molecule has 14 heavy (non-hydrogen) atoms. The summed E-state index contributed by atoms with van der Waals surface area (Å²) in [5.41, 5.74) is 10.0. The number of allylic oxidation sites excluding steroid dienone is 1. The van der Waals surface area contributed by atoms with Gasteiger partial charge in [-0.3, -0.25) is 0 Å². The molecule has 0 heterocycles. The van der Waals surface area contributed by atoms with Crippen molar-refractivity contribution in [2.45, 2.75) is 6.42 Å². The van der Waals surface area contributed by atoms with Gasteiger partial charge in [-0.15, -0.1) is 0 Å². The Morgan fingerprint density at radius 2 is 2.21 bits per heavy atom. The number of hydrogen-bond donors (Lipinski definition) is 0. The maximum absolute atomic E-state index is 8.36. The summed E-state index contributed by atoms with van der Waals surface area (Å²) in [6.07, 6.45) is 0.709. The van der Waals surface area contributed by atoms with Gasteiger partial charge in [0.05, 0.1) is 0 Å². The molecule has 0 saturated carbocycles. The zero-order valence-electron chi connectivity index (χ0n) is 7.19. The lowest BCUT2D eigenvalue weighted by molar-refractivity contribution is 1.24. The molecule has 0 unspecified atom stereocenters. The van der Waals surface area contributed by atoms with Gasteiger partial charge < -0.3 is 0 Å². The summed E-state index contributed by atoms with van der Waals surface area (Å²) in [5.74, 6) is 0. The van der Waals surface area contributed by atoms with Gasteiger partial charge in [0, 0.05) is 21.5 Å². The van der Waals surface area contributed by atoms with Gasteiger partial charge in [0.2, 0.25) is 0 Å². The largest absolute Gasteiger partial charge is 0.0620 e. The maximum atomic E-state index is 8.36. The second-order valence-corrected chi connectivity index (χ2v) is 4.03. The fourth-order valence-corrected chi connectivity index (χ4v) is 1.49. The van der Waals surface area contributed by atoms with E-state index >= 15 is 0 Å². The molecule has 0 spiro atoms. The molecule has 1 aromatic rings. The first-order valence-corrected chi connectivity index (χ1v) is 5.56. The third-order valence-electron chi connectivity index (χ3n) is 1.62. The van der Waals surface area contributed by atoms with Gasteiger partial charge in [-0.05, 0) is 16.1 Å². The third kappa shape index (κ3) is 3.18. The minimum atomic E-state index is 0.668. The van der Waals surface area contributed by atoms with Crippen LogP contribution in [0.15, 0.2) is 38.8 Å². The second-order valence-electron chi connectivity index (χ2n) is 2.55. The number of hydrogen-bond acceptors (Lipinski definition) is 1. The summed E-state index contributed by atoms with van der Waals surface area (Å²) in [4.78, 5) is 4.57. The van der Waals surface area contributed by atoms with E-state index in [2.05, 4.69) is 41.9 Å². The molecule has 0 fully saturated rings. The fourth-order valence-electron chi connectivity index (χ4n) is 1.03. The lowest BCUT2D eigenvalue weighted by Gasteiger charge is -2.02. The predicted octanol–water partition coefficient (Wildman–Crippen LogP) is 4.80. The molecule has 0 amide bonds. The Morgan fingerprint density at radius 1 is 1.50 bits per heavy atom. The van der Waals surface area contributed by atoms with Crippen molar-refractivity contribution < 1.29 is 0 Å². The van der Waals surface area contributed by atoms with E-state index in [0.717, 1.165) is 10.0 Å². The average molecular weight is 317 g/mol. The zero-order chi connectivity index (χ0) is 10.4. The number of nitrogens with zero attached hydrogens (tertiary/aromatic N) is 3. The van der Waals surface area contributed by atoms with Crippen LogP contribution in [0.2, 0.25) is 0 Å². The molecule has 0 aliphatic heterocycles. The van der Waals surface area contributed by atoms with Gasteiger partial charge in [0.1, 0.15) is 0 Å². The molecular weight excluding hydrogens is 310 g/mol. The number of halogens is 2. The molecule has 0 aromatic heterocycles. The number of benzene rings is 1. The lowest BCUT2D eigenvalue weighted by Crippen LogP contribution is -1.83. The van der Waals surface area contributed by atoms with E-state index in [1.807, 2.05) is 18.2 Å². The van der Waals surface area contributed by atoms with Gasteiger partial charge >= 0.3 is 0 Å². The quantitative estimate of drug-likeness (QED) is 0.437. The molecule has 0 aliphatic carbocycles. The highest BCUT2D eigenvalue weighted by atomic mass is 79.9. The molecule has 5 heteroatoms. The van der Waals surface area contributed by atoms with Crippen molar-refractivity contribution in [2.75, 3.05) is 0 Å². The standard InChI is InChI=1S/C9H7Br2N3/c10-6-8(11)5-7-3-1-2-4-9(7)13-14-12/h1-4,6H,5H2/b8-6+. The summed E-state index contributed by atoms with van der Waals surface area (Å²) in [6, 6.07) is 7.49. The van der Waals surface area contributed by atoms with E-state index in [0.29, 0.717) is 12.1 Å². The van der Waals surface area contributed by atoms with Crippen molar-refractivity contribution in [1.29, 1.82) is 0 Å². The van der Waals surface area contributed by atoms with Crippen LogP contribution in [0.1, 0.15) is 5.56 Å². The molecule has 1 rings (SSSR count). The van der Waals surface area contributed by atoms with Crippen molar-refractivity contribution in [2.24, 2.45) is 5.11 Å². The summed E-state index contributed by atoms with van der Waals surface area (Å²) in [5, 5.41) is 3.61. The Labute approximate surface area is 98.7 Å². The first kappa shape index (κ1) is 11.3. The van der Waals surface area contributed by atoms with E-state index in [1.54, 1.807) is 11.1 Å². The van der Waals surface area contributed by atoms with E-state index < -0.39 is 0 Å². The minimum Gasteiger partial charge on any atom is -0.0620 e. The van der Waals surface area contributed by atoms with Crippen LogP contribution in [0.4, 0.5) is 5.69 Å². The number of azide groups is 1. The normalized spacial score (nSPS) is 10.9. The highest BCUT2D eigenvalue weighted by Gasteiger charge is 2.00. The van der Waals surface area contributed by atoms with E-state index in [-0.39, 0.29) is 0 Å². The predicted molar refractivity (Wildman–Crippen MR) is 64.9 cm³/mol. The molecule has 72 valence electrons. The smallest absolute Gasteiger partial charge is 0.0410 e. The summed E-state index contributed by atoms with van der Waals surface area (Å²) < 4.78 is 0.998. The van der Waals surface area contributed by atoms with Crippen molar-refractivity contribution in [3.05, 3.63) is 49.7 Å². The van der Waals surface area contributed by atoms with Crippen LogP contribution < -0.4 is 0 Å². The topological polar surface area (TPSA) is 48.8 Å². The van der Waals surface area contributed by atoms with Gasteiger partial charge in [-0.1, -0.05) is 61.2 Å². The highest BCUT2D eigenvalue weighted by molar-refractivity contribution is 9.14. The van der Waals surface area contributed by atoms with Crippen molar-refractivity contribution >= 4 is 37.5 Å². The van der Waals surface area contributed by atoms with Crippen LogP contribution in [-0.2, 0) is 6.42 Å². The van der Waals surface area contributed by atoms with Crippen molar-refractivity contribution in [1.82, 2.24) is 0 Å². The Hall–Kier alpha value is -0.770. The van der Waals surface area contributed by atoms with Gasteiger partial charge in [0.25, 0.3) is 0 Å². The van der Waals surface area contributed by atoms with Crippen LogP contribution in [0.5, 0.6) is 0 Å². The maximum Gasteiger partial charge on any atom is 0.0410 e. The second kappa shape index (κ2) is 5.86. The zero-order valence-corrected chi connectivity index (χ0v) is 10.4. The molecule has 1 aromatic carbocycles. The Kier molecular flexibility index (Phi) is 4.73. The van der Waals surface area contributed by atoms with Gasteiger partial charge in [-0.2, -0.15) is 0 Å². The van der Waals surface area contributed by atoms with E-state index in [1.165, 1.54) is 0 Å². The SMILES string of the molecule is [N-]=[N+]=Nc1ccccc1C/C(Br)=C\Br. The minimum absolute atomic E-state index is 0.668. The van der Waals surface area contributed by atoms with Crippen molar-refractivity contribution in [3.8, 4) is 0 Å². The molecular formula is C9H7Br2N3. The van der Waals surface area contributed by atoms with E-state index in [9.17, 15) is 0 Å². The summed E-state index contributed by atoms with van der Waals surface area (Å²) in [7, 11) is 0. The Bertz CT molecular complexity index is 395. The molecule has 0 saturated heterocycles. The first-order valence-electron chi connectivity index (χ1n) is 3.85. The monoisotopic (exact) mass is 315 g/mol. The average Bonchev–Trinajstić information content (AvgIpc) is 2.21. The Morgan fingerprint density at radius 3 is 2.86 bits per heavy atom. The molecule has 0 atom stereocenters. The van der Waals surface area contributed by atoms with Gasteiger partial charge in [0.15, 0.2) is 0 Å². The van der Waals surface area contributed by atoms with E-state index in [4.69, 9.17) is 5.53 Å². The fraction of sp³-hybridized carbons (Fsp3) is 0.111. The summed E-state index contributed by atoms with van der Waals surface area (Å²) in [6.45, 7) is 0. The molecule has 0 N–H and O–H groups in total.